The first-order chi connectivity index (χ1) is 8.41. The van der Waals surface area contributed by atoms with E-state index in [0.717, 1.165) is 23.6 Å². The zero-order valence-electron chi connectivity index (χ0n) is 12.3. The van der Waals surface area contributed by atoms with Gasteiger partial charge in [0, 0.05) is 6.20 Å². The Balaban J connectivity index is 3.02. The van der Waals surface area contributed by atoms with E-state index in [0.29, 0.717) is 0 Å². The average molecular weight is 248 g/mol. The van der Waals surface area contributed by atoms with E-state index in [4.69, 9.17) is 4.74 Å². The first-order valence-electron chi connectivity index (χ1n) is 6.37. The summed E-state index contributed by atoms with van der Waals surface area (Å²) in [6, 6.07) is 0. The number of aliphatic imine (C=N–C) groups is 1. The Labute approximate surface area is 110 Å². The van der Waals surface area contributed by atoms with E-state index in [9.17, 15) is 0 Å². The minimum Gasteiger partial charge on any atom is -0.501 e. The van der Waals surface area contributed by atoms with Crippen molar-refractivity contribution < 1.29 is 4.74 Å². The summed E-state index contributed by atoms with van der Waals surface area (Å²) in [5.41, 5.74) is 2.33. The highest BCUT2D eigenvalue weighted by atomic mass is 16.5. The van der Waals surface area contributed by atoms with Crippen molar-refractivity contribution in [3.8, 4) is 0 Å². The smallest absolute Gasteiger partial charge is 0.140 e. The van der Waals surface area contributed by atoms with Crippen LogP contribution >= 0.6 is 0 Å². The van der Waals surface area contributed by atoms with Gasteiger partial charge in [0.25, 0.3) is 0 Å². The number of allylic oxidation sites excluding steroid dienone is 2. The number of methoxy groups -OCH3 is 1. The second-order valence-corrected chi connectivity index (χ2v) is 5.36. The van der Waals surface area contributed by atoms with Crippen LogP contribution in [0.2, 0.25) is 0 Å². The largest absolute Gasteiger partial charge is 0.501 e. The van der Waals surface area contributed by atoms with Gasteiger partial charge in [-0.15, -0.1) is 0 Å². The molecule has 0 aromatic carbocycles. The van der Waals surface area contributed by atoms with E-state index in [1.165, 1.54) is 5.57 Å². The Kier molecular flexibility index (Phi) is 4.76. The number of ether oxygens (including phenoxy) is 1. The molecule has 1 rings (SSSR count). The summed E-state index contributed by atoms with van der Waals surface area (Å²) in [5, 5.41) is 3.23. The molecule has 0 spiro atoms. The van der Waals surface area contributed by atoms with Crippen molar-refractivity contribution >= 4 is 5.84 Å². The second-order valence-electron chi connectivity index (χ2n) is 5.36. The van der Waals surface area contributed by atoms with Crippen molar-refractivity contribution in [3.05, 3.63) is 35.4 Å². The molecule has 0 saturated heterocycles. The normalized spacial score (nSPS) is 18.8. The maximum atomic E-state index is 5.39. The quantitative estimate of drug-likeness (QED) is 0.771. The molecule has 100 valence electrons. The van der Waals surface area contributed by atoms with Gasteiger partial charge in [-0.3, -0.25) is 0 Å². The lowest BCUT2D eigenvalue weighted by Crippen LogP contribution is -2.23. The fraction of sp³-hybridized carbons (Fsp3) is 0.533. The molecule has 0 aliphatic carbocycles. The highest BCUT2D eigenvalue weighted by Crippen LogP contribution is 2.36. The summed E-state index contributed by atoms with van der Waals surface area (Å²) < 4.78 is 5.39. The van der Waals surface area contributed by atoms with Crippen molar-refractivity contribution in [2.45, 2.75) is 41.0 Å². The molecule has 0 fully saturated rings. The summed E-state index contributed by atoms with van der Waals surface area (Å²) in [5.74, 6) is 1.76. The molecule has 1 heterocycles. The third kappa shape index (κ3) is 3.25. The van der Waals surface area contributed by atoms with Gasteiger partial charge in [-0.1, -0.05) is 33.8 Å². The monoisotopic (exact) mass is 248 g/mol. The van der Waals surface area contributed by atoms with Gasteiger partial charge in [-0.25, -0.2) is 4.99 Å². The molecule has 3 heteroatoms. The van der Waals surface area contributed by atoms with E-state index in [1.807, 2.05) is 19.3 Å². The van der Waals surface area contributed by atoms with Gasteiger partial charge in [0.2, 0.25) is 0 Å². The molecule has 3 nitrogen and oxygen atoms in total. The van der Waals surface area contributed by atoms with Crippen LogP contribution in [0.3, 0.4) is 0 Å². The maximum absolute atomic E-state index is 5.39. The SMILES string of the molecule is CC/C=C/NC1=NC=C(C(C)(C)C)/C1=C(/C)OC. The minimum atomic E-state index is 0.0521. The molecule has 0 aromatic heterocycles. The Hall–Kier alpha value is -1.51. The van der Waals surface area contributed by atoms with Gasteiger partial charge in [0.1, 0.15) is 11.6 Å². The second kappa shape index (κ2) is 5.89. The molecule has 0 radical (unpaired) electrons. The molecule has 0 amide bonds. The van der Waals surface area contributed by atoms with Crippen molar-refractivity contribution in [3.63, 3.8) is 0 Å². The molecule has 0 bridgehead atoms. The zero-order chi connectivity index (χ0) is 13.8. The summed E-state index contributed by atoms with van der Waals surface area (Å²) in [6.07, 6.45) is 6.93. The molecular formula is C15H24N2O. The molecule has 18 heavy (non-hydrogen) atoms. The summed E-state index contributed by atoms with van der Waals surface area (Å²) in [7, 11) is 1.69. The Morgan fingerprint density at radius 3 is 2.61 bits per heavy atom. The zero-order valence-corrected chi connectivity index (χ0v) is 12.3. The predicted octanol–water partition coefficient (Wildman–Crippen LogP) is 3.76. The van der Waals surface area contributed by atoms with E-state index in [1.54, 1.807) is 7.11 Å². The Morgan fingerprint density at radius 2 is 2.11 bits per heavy atom. The number of nitrogens with zero attached hydrogens (tertiary/aromatic N) is 1. The molecule has 0 aromatic rings. The fourth-order valence-electron chi connectivity index (χ4n) is 1.78. The van der Waals surface area contributed by atoms with Crippen LogP contribution in [-0.4, -0.2) is 12.9 Å². The van der Waals surface area contributed by atoms with E-state index >= 15 is 0 Å². The molecular weight excluding hydrogens is 224 g/mol. The van der Waals surface area contributed by atoms with Crippen LogP contribution in [0.5, 0.6) is 0 Å². The lowest BCUT2D eigenvalue weighted by molar-refractivity contribution is 0.290. The molecule has 0 atom stereocenters. The highest BCUT2D eigenvalue weighted by Gasteiger charge is 2.29. The number of hydrogen-bond donors (Lipinski definition) is 1. The Bertz CT molecular complexity index is 420. The van der Waals surface area contributed by atoms with Crippen molar-refractivity contribution in [2.75, 3.05) is 7.11 Å². The van der Waals surface area contributed by atoms with Gasteiger partial charge >= 0.3 is 0 Å². The molecule has 0 saturated carbocycles. The molecule has 1 N–H and O–H groups in total. The topological polar surface area (TPSA) is 33.6 Å². The lowest BCUT2D eigenvalue weighted by Gasteiger charge is -2.23. The minimum absolute atomic E-state index is 0.0521. The van der Waals surface area contributed by atoms with Crippen LogP contribution in [0.4, 0.5) is 0 Å². The van der Waals surface area contributed by atoms with Gasteiger partial charge in [0.05, 0.1) is 12.7 Å². The van der Waals surface area contributed by atoms with E-state index in [-0.39, 0.29) is 5.41 Å². The van der Waals surface area contributed by atoms with Gasteiger partial charge in [-0.05, 0) is 30.5 Å². The third-order valence-electron chi connectivity index (χ3n) is 2.87. The van der Waals surface area contributed by atoms with Crippen LogP contribution in [0.1, 0.15) is 41.0 Å². The van der Waals surface area contributed by atoms with Crippen LogP contribution < -0.4 is 5.32 Å². The first-order valence-corrected chi connectivity index (χ1v) is 6.37. The summed E-state index contributed by atoms with van der Waals surface area (Å²) in [4.78, 5) is 4.46. The molecule has 1 aliphatic heterocycles. The maximum Gasteiger partial charge on any atom is 0.140 e. The van der Waals surface area contributed by atoms with Crippen LogP contribution in [0.25, 0.3) is 0 Å². The number of nitrogens with one attached hydrogen (secondary N) is 1. The van der Waals surface area contributed by atoms with Crippen LogP contribution in [0, 0.1) is 5.41 Å². The summed E-state index contributed by atoms with van der Waals surface area (Å²) in [6.45, 7) is 10.6. The van der Waals surface area contributed by atoms with Crippen molar-refractivity contribution in [1.82, 2.24) is 5.32 Å². The lowest BCUT2D eigenvalue weighted by atomic mass is 9.82. The van der Waals surface area contributed by atoms with Gasteiger partial charge in [-0.2, -0.15) is 0 Å². The van der Waals surface area contributed by atoms with Crippen molar-refractivity contribution in [2.24, 2.45) is 10.4 Å². The first kappa shape index (κ1) is 14.6. The van der Waals surface area contributed by atoms with Gasteiger partial charge in [0.15, 0.2) is 0 Å². The molecule has 0 unspecified atom stereocenters. The van der Waals surface area contributed by atoms with Crippen LogP contribution in [-0.2, 0) is 4.74 Å². The summed E-state index contributed by atoms with van der Waals surface area (Å²) >= 11 is 0. The van der Waals surface area contributed by atoms with Crippen molar-refractivity contribution in [1.29, 1.82) is 0 Å². The highest BCUT2D eigenvalue weighted by molar-refractivity contribution is 6.05. The average Bonchev–Trinajstić information content (AvgIpc) is 2.72. The van der Waals surface area contributed by atoms with E-state index < -0.39 is 0 Å². The third-order valence-corrected chi connectivity index (χ3v) is 2.87. The molecule has 1 aliphatic rings. The standard InChI is InChI=1S/C15H24N2O/c1-7-8-9-16-14-13(11(2)18-6)12(10-17-14)15(3,4)5/h8-10H,7H2,1-6H3,(H,16,17)/b9-8+,13-11+. The number of amidine groups is 1. The number of hydrogen-bond acceptors (Lipinski definition) is 3. The number of rotatable bonds is 3. The Morgan fingerprint density at radius 1 is 1.44 bits per heavy atom. The van der Waals surface area contributed by atoms with Crippen LogP contribution in [0.15, 0.2) is 40.4 Å². The van der Waals surface area contributed by atoms with E-state index in [2.05, 4.69) is 44.1 Å². The fourth-order valence-corrected chi connectivity index (χ4v) is 1.78. The predicted molar refractivity (Wildman–Crippen MR) is 77.2 cm³/mol. The van der Waals surface area contributed by atoms with Gasteiger partial charge < -0.3 is 10.1 Å².